The van der Waals surface area contributed by atoms with E-state index < -0.39 is 24.1 Å². The van der Waals surface area contributed by atoms with E-state index in [1.165, 1.54) is 33.1 Å². The van der Waals surface area contributed by atoms with Crippen LogP contribution in [0, 0.1) is 0 Å². The van der Waals surface area contributed by atoms with Crippen molar-refractivity contribution in [1.29, 1.82) is 0 Å². The molecule has 0 atom stereocenters. The molecule has 2 rings (SSSR count). The van der Waals surface area contributed by atoms with Crippen molar-refractivity contribution < 1.29 is 37.0 Å². The van der Waals surface area contributed by atoms with Crippen LogP contribution in [-0.2, 0) is 19.3 Å². The third-order valence-corrected chi connectivity index (χ3v) is 6.80. The van der Waals surface area contributed by atoms with E-state index in [0.717, 1.165) is 6.07 Å². The first kappa shape index (κ1) is 19.8. The number of carbonyl (C=O) groups is 1. The molecule has 2 aromatic rings. The van der Waals surface area contributed by atoms with Gasteiger partial charge in [-0.05, 0) is 37.4 Å². The normalized spacial score (nSPS) is 12.5. The molecule has 1 heterocycles. The van der Waals surface area contributed by atoms with Crippen molar-refractivity contribution in [2.45, 2.75) is 19.5 Å². The van der Waals surface area contributed by atoms with Crippen LogP contribution in [0.3, 0.4) is 0 Å². The second-order valence-corrected chi connectivity index (χ2v) is 8.01. The molecule has 0 aliphatic carbocycles. The van der Waals surface area contributed by atoms with Gasteiger partial charge in [0, 0.05) is 0 Å². The lowest BCUT2D eigenvalue weighted by atomic mass is 10.1. The van der Waals surface area contributed by atoms with E-state index in [1.54, 1.807) is 0 Å². The second kappa shape index (κ2) is 7.37. The monoisotopic (exact) mass is 394 g/mol. The van der Waals surface area contributed by atoms with Crippen LogP contribution >= 0.6 is 18.9 Å². The minimum atomic E-state index is -4.73. The van der Waals surface area contributed by atoms with Crippen LogP contribution in [0.5, 0.6) is 5.75 Å². The average molecular weight is 394 g/mol. The summed E-state index contributed by atoms with van der Waals surface area (Å²) in [7, 11) is -3.43. The van der Waals surface area contributed by atoms with E-state index in [4.69, 9.17) is 18.9 Å². The van der Waals surface area contributed by atoms with Crippen LogP contribution < -0.4 is 4.74 Å². The van der Waals surface area contributed by atoms with Gasteiger partial charge in [0.25, 0.3) is 0 Å². The largest absolute Gasteiger partial charge is 0.495 e. The molecular weight excluding hydrogens is 377 g/mol. The van der Waals surface area contributed by atoms with Gasteiger partial charge in [-0.15, -0.1) is 11.3 Å². The van der Waals surface area contributed by atoms with Crippen molar-refractivity contribution in [2.24, 2.45) is 0 Å². The maximum absolute atomic E-state index is 14.9. The summed E-state index contributed by atoms with van der Waals surface area (Å²) in [5.41, 5.74) is -3.98. The molecule has 0 aliphatic rings. The number of thiophene rings is 1. The lowest BCUT2D eigenvalue weighted by Gasteiger charge is -2.24. The molecule has 6 nitrogen and oxygen atoms in total. The number of aromatic carboxylic acids is 1. The van der Waals surface area contributed by atoms with E-state index >= 15 is 0 Å². The van der Waals surface area contributed by atoms with Crippen molar-refractivity contribution >= 4 is 35.0 Å². The van der Waals surface area contributed by atoms with E-state index in [1.807, 2.05) is 0 Å². The second-order valence-electron chi connectivity index (χ2n) is 4.89. The van der Waals surface area contributed by atoms with E-state index in [9.17, 15) is 18.1 Å². The number of fused-ring (bicyclic) bond motifs is 1. The van der Waals surface area contributed by atoms with Crippen LogP contribution in [0.2, 0.25) is 0 Å². The minimum absolute atomic E-state index is 0.102. The number of rotatable bonds is 8. The van der Waals surface area contributed by atoms with E-state index in [2.05, 4.69) is 0 Å². The third-order valence-electron chi connectivity index (χ3n) is 3.29. The Morgan fingerprint density at radius 1 is 1.24 bits per heavy atom. The molecule has 0 radical (unpaired) electrons. The van der Waals surface area contributed by atoms with Crippen LogP contribution in [0.4, 0.5) is 8.78 Å². The highest BCUT2D eigenvalue weighted by Gasteiger charge is 2.56. The number of ether oxygens (including phenoxy) is 1. The van der Waals surface area contributed by atoms with Gasteiger partial charge in [0.2, 0.25) is 0 Å². The molecule has 0 unspecified atom stereocenters. The van der Waals surface area contributed by atoms with Crippen LogP contribution in [-0.4, -0.2) is 31.4 Å². The molecule has 0 spiro atoms. The minimum Gasteiger partial charge on any atom is -0.495 e. The summed E-state index contributed by atoms with van der Waals surface area (Å²) < 4.78 is 57.2. The van der Waals surface area contributed by atoms with Gasteiger partial charge in [-0.2, -0.15) is 8.78 Å². The van der Waals surface area contributed by atoms with Crippen molar-refractivity contribution in [3.8, 4) is 5.75 Å². The zero-order valence-corrected chi connectivity index (χ0v) is 15.5. The van der Waals surface area contributed by atoms with Crippen molar-refractivity contribution in [2.75, 3.05) is 20.3 Å². The summed E-state index contributed by atoms with van der Waals surface area (Å²) >= 11 is 0.654. The van der Waals surface area contributed by atoms with E-state index in [0.29, 0.717) is 16.0 Å². The Kier molecular flexibility index (Phi) is 5.83. The highest BCUT2D eigenvalue weighted by molar-refractivity contribution is 7.55. The van der Waals surface area contributed by atoms with Gasteiger partial charge in [-0.25, -0.2) is 4.79 Å². The lowest BCUT2D eigenvalue weighted by molar-refractivity contribution is 0.0392. The summed E-state index contributed by atoms with van der Waals surface area (Å²) in [6, 6.07) is 3.58. The predicted molar refractivity (Wildman–Crippen MR) is 90.1 cm³/mol. The van der Waals surface area contributed by atoms with Gasteiger partial charge in [-0.3, -0.25) is 4.57 Å². The highest BCUT2D eigenvalue weighted by atomic mass is 32.1. The van der Waals surface area contributed by atoms with Gasteiger partial charge in [-0.1, -0.05) is 0 Å². The Morgan fingerprint density at radius 3 is 2.32 bits per heavy atom. The third kappa shape index (κ3) is 3.55. The fourth-order valence-corrected chi connectivity index (χ4v) is 5.11. The molecule has 0 aliphatic heterocycles. The summed E-state index contributed by atoms with van der Waals surface area (Å²) in [4.78, 5) is 10.6. The fourth-order valence-electron chi connectivity index (χ4n) is 2.22. The number of benzene rings is 1. The number of halogens is 2. The SMILES string of the molecule is CCOP(=O)(OCC)C(F)(F)c1cc2cc(C(=O)O)cc(OC)c2s1. The quantitative estimate of drug-likeness (QED) is 0.640. The zero-order chi connectivity index (χ0) is 18.8. The van der Waals surface area contributed by atoms with Crippen molar-refractivity contribution in [1.82, 2.24) is 0 Å². The number of carboxylic acids is 1. The average Bonchev–Trinajstić information content (AvgIpc) is 2.98. The number of methoxy groups -OCH3 is 1. The molecule has 0 fully saturated rings. The molecule has 1 aromatic heterocycles. The fraction of sp³-hybridized carbons (Fsp3) is 0.400. The summed E-state index contributed by atoms with van der Waals surface area (Å²) in [5.74, 6) is -1.07. The van der Waals surface area contributed by atoms with Crippen LogP contribution in [0.25, 0.3) is 10.1 Å². The highest BCUT2D eigenvalue weighted by Crippen LogP contribution is 2.68. The lowest BCUT2D eigenvalue weighted by Crippen LogP contribution is -2.16. The molecule has 25 heavy (non-hydrogen) atoms. The van der Waals surface area contributed by atoms with Crippen LogP contribution in [0.1, 0.15) is 29.1 Å². The molecule has 0 saturated heterocycles. The number of hydrogen-bond donors (Lipinski definition) is 1. The first-order valence-electron chi connectivity index (χ1n) is 7.32. The van der Waals surface area contributed by atoms with Gasteiger partial charge in [0.05, 0.1) is 35.5 Å². The molecule has 138 valence electrons. The van der Waals surface area contributed by atoms with Gasteiger partial charge in [0.15, 0.2) is 0 Å². The molecular formula is C15H17F2O6PS. The smallest absolute Gasteiger partial charge is 0.405 e. The Morgan fingerprint density at radius 2 is 1.84 bits per heavy atom. The number of alkyl halides is 2. The number of carboxylic acid groups (broad SMARTS) is 1. The molecule has 10 heteroatoms. The molecule has 1 N–H and O–H groups in total. The predicted octanol–water partition coefficient (Wildman–Crippen LogP) is 4.92. The summed E-state index contributed by atoms with van der Waals surface area (Å²) in [6.07, 6.45) is 0. The Balaban J connectivity index is 2.63. The van der Waals surface area contributed by atoms with Crippen molar-refractivity contribution in [3.05, 3.63) is 28.6 Å². The van der Waals surface area contributed by atoms with Crippen LogP contribution in [0.15, 0.2) is 18.2 Å². The van der Waals surface area contributed by atoms with E-state index in [-0.39, 0.29) is 29.9 Å². The van der Waals surface area contributed by atoms with Gasteiger partial charge < -0.3 is 18.9 Å². The molecule has 0 amide bonds. The molecule has 1 aromatic carbocycles. The Hall–Kier alpha value is -1.54. The Labute approximate surface area is 146 Å². The maximum Gasteiger partial charge on any atom is 0.405 e. The topological polar surface area (TPSA) is 82.1 Å². The molecule has 0 bridgehead atoms. The van der Waals surface area contributed by atoms with Gasteiger partial charge in [0.1, 0.15) is 5.75 Å². The van der Waals surface area contributed by atoms with Gasteiger partial charge >= 0.3 is 19.2 Å². The molecule has 0 saturated carbocycles. The van der Waals surface area contributed by atoms with Crippen molar-refractivity contribution in [3.63, 3.8) is 0 Å². The maximum atomic E-state index is 14.9. The first-order valence-corrected chi connectivity index (χ1v) is 9.68. The standard InChI is InChI=1S/C15H17F2O6PS/c1-4-22-24(20,23-5-2)15(16,17)12-8-9-6-10(14(18)19)7-11(21-3)13(9)25-12/h6-8H,4-5H2,1-3H3,(H,18,19). The number of hydrogen-bond acceptors (Lipinski definition) is 6. The summed E-state index contributed by atoms with van der Waals surface area (Å²) in [6.45, 7) is 2.47. The zero-order valence-electron chi connectivity index (χ0n) is 13.7. The summed E-state index contributed by atoms with van der Waals surface area (Å²) in [5, 5.41) is 9.36. The first-order chi connectivity index (χ1) is 11.7. The Bertz CT molecular complexity index is 825.